The molecular weight excluding hydrogens is 310 g/mol. The lowest BCUT2D eigenvalue weighted by atomic mass is 9.94. The second-order valence-corrected chi connectivity index (χ2v) is 6.09. The Kier molecular flexibility index (Phi) is 5.92. The SMILES string of the molecule is COC(=O)[C@H]1Cc2ccccc2CN1CC(=O)NC(=O)NC(C)C. The number of nitrogens with one attached hydrogen (secondary N) is 2. The zero-order valence-electron chi connectivity index (χ0n) is 14.2. The molecular formula is C17H23N3O4. The topological polar surface area (TPSA) is 87.7 Å². The fourth-order valence-corrected chi connectivity index (χ4v) is 2.76. The van der Waals surface area contributed by atoms with Gasteiger partial charge in [0, 0.05) is 12.6 Å². The Morgan fingerprint density at radius 3 is 2.54 bits per heavy atom. The summed E-state index contributed by atoms with van der Waals surface area (Å²) in [6.45, 7) is 4.01. The van der Waals surface area contributed by atoms with Crippen LogP contribution in [0.15, 0.2) is 24.3 Å². The van der Waals surface area contributed by atoms with Gasteiger partial charge in [-0.25, -0.2) is 4.79 Å². The lowest BCUT2D eigenvalue weighted by Gasteiger charge is -2.34. The molecule has 0 radical (unpaired) electrons. The molecule has 0 aromatic heterocycles. The van der Waals surface area contributed by atoms with E-state index in [0.29, 0.717) is 13.0 Å². The van der Waals surface area contributed by atoms with Crippen molar-refractivity contribution >= 4 is 17.9 Å². The molecule has 7 nitrogen and oxygen atoms in total. The first-order valence-corrected chi connectivity index (χ1v) is 7.89. The van der Waals surface area contributed by atoms with Crippen molar-refractivity contribution < 1.29 is 19.1 Å². The van der Waals surface area contributed by atoms with Gasteiger partial charge < -0.3 is 10.1 Å². The predicted molar refractivity (Wildman–Crippen MR) is 88.2 cm³/mol. The van der Waals surface area contributed by atoms with Gasteiger partial charge in [-0.1, -0.05) is 24.3 Å². The average Bonchev–Trinajstić information content (AvgIpc) is 2.52. The summed E-state index contributed by atoms with van der Waals surface area (Å²) in [5.41, 5.74) is 2.14. The van der Waals surface area contributed by atoms with E-state index in [4.69, 9.17) is 4.74 Å². The summed E-state index contributed by atoms with van der Waals surface area (Å²) in [5.74, 6) is -0.842. The second-order valence-electron chi connectivity index (χ2n) is 6.09. The van der Waals surface area contributed by atoms with Crippen LogP contribution < -0.4 is 10.6 Å². The smallest absolute Gasteiger partial charge is 0.323 e. The Labute approximate surface area is 141 Å². The minimum absolute atomic E-state index is 0.0559. The third-order valence-electron chi connectivity index (χ3n) is 3.84. The number of carbonyl (C=O) groups is 3. The van der Waals surface area contributed by atoms with Crippen LogP contribution in [0.25, 0.3) is 0 Å². The summed E-state index contributed by atoms with van der Waals surface area (Å²) in [6, 6.07) is 6.64. The van der Waals surface area contributed by atoms with Crippen molar-refractivity contribution in [2.75, 3.05) is 13.7 Å². The summed E-state index contributed by atoms with van der Waals surface area (Å²) in [6.07, 6.45) is 0.480. The van der Waals surface area contributed by atoms with Crippen molar-refractivity contribution in [2.45, 2.75) is 38.9 Å². The Morgan fingerprint density at radius 2 is 1.92 bits per heavy atom. The molecule has 1 aromatic carbocycles. The number of imide groups is 1. The van der Waals surface area contributed by atoms with Crippen LogP contribution in [0.4, 0.5) is 4.79 Å². The second kappa shape index (κ2) is 7.92. The van der Waals surface area contributed by atoms with Crippen LogP contribution in [0.5, 0.6) is 0 Å². The first-order chi connectivity index (χ1) is 11.4. The van der Waals surface area contributed by atoms with Crippen molar-refractivity contribution in [2.24, 2.45) is 0 Å². The highest BCUT2D eigenvalue weighted by Crippen LogP contribution is 2.23. The third-order valence-corrected chi connectivity index (χ3v) is 3.84. The maximum atomic E-state index is 12.1. The number of nitrogens with zero attached hydrogens (tertiary/aromatic N) is 1. The quantitative estimate of drug-likeness (QED) is 0.797. The number of hydrogen-bond acceptors (Lipinski definition) is 5. The van der Waals surface area contributed by atoms with E-state index in [0.717, 1.165) is 11.1 Å². The molecule has 0 saturated carbocycles. The van der Waals surface area contributed by atoms with Crippen LogP contribution in [-0.2, 0) is 27.3 Å². The van der Waals surface area contributed by atoms with Gasteiger partial charge in [0.15, 0.2) is 0 Å². The number of urea groups is 1. The standard InChI is InChI=1S/C17H23N3O4/c1-11(2)18-17(23)19-15(21)10-20-9-13-7-5-4-6-12(13)8-14(20)16(22)24-3/h4-7,11,14H,8-10H2,1-3H3,(H2,18,19,21,23)/t14-/m1/s1. The lowest BCUT2D eigenvalue weighted by Crippen LogP contribution is -2.52. The fraction of sp³-hybridized carbons (Fsp3) is 0.471. The number of ether oxygens (including phenoxy) is 1. The number of rotatable bonds is 4. The average molecular weight is 333 g/mol. The van der Waals surface area contributed by atoms with E-state index in [-0.39, 0.29) is 18.6 Å². The maximum Gasteiger partial charge on any atom is 0.323 e. The van der Waals surface area contributed by atoms with Gasteiger partial charge in [0.1, 0.15) is 6.04 Å². The van der Waals surface area contributed by atoms with E-state index in [2.05, 4.69) is 10.6 Å². The minimum atomic E-state index is -0.540. The highest BCUT2D eigenvalue weighted by molar-refractivity contribution is 5.95. The maximum absolute atomic E-state index is 12.1. The molecule has 0 aliphatic carbocycles. The van der Waals surface area contributed by atoms with Gasteiger partial charge in [0.2, 0.25) is 5.91 Å². The number of hydrogen-bond donors (Lipinski definition) is 2. The van der Waals surface area contributed by atoms with Gasteiger partial charge in [-0.05, 0) is 31.4 Å². The lowest BCUT2D eigenvalue weighted by molar-refractivity contribution is -0.148. The van der Waals surface area contributed by atoms with Crippen LogP contribution in [0, 0.1) is 0 Å². The van der Waals surface area contributed by atoms with Crippen LogP contribution in [0.3, 0.4) is 0 Å². The molecule has 0 bridgehead atoms. The molecule has 24 heavy (non-hydrogen) atoms. The number of amides is 3. The summed E-state index contributed by atoms with van der Waals surface area (Å²) < 4.78 is 4.86. The molecule has 2 rings (SSSR count). The molecule has 1 atom stereocenters. The molecule has 0 saturated heterocycles. The molecule has 0 unspecified atom stereocenters. The Hall–Kier alpha value is -2.41. The van der Waals surface area contributed by atoms with Gasteiger partial charge in [-0.3, -0.25) is 19.8 Å². The van der Waals surface area contributed by atoms with Gasteiger partial charge >= 0.3 is 12.0 Å². The Morgan fingerprint density at radius 1 is 1.25 bits per heavy atom. The van der Waals surface area contributed by atoms with Crippen molar-refractivity contribution in [3.05, 3.63) is 35.4 Å². The van der Waals surface area contributed by atoms with Crippen LogP contribution >= 0.6 is 0 Å². The van der Waals surface area contributed by atoms with E-state index >= 15 is 0 Å². The van der Waals surface area contributed by atoms with Crippen LogP contribution in [0.1, 0.15) is 25.0 Å². The molecule has 3 amide bonds. The van der Waals surface area contributed by atoms with Gasteiger partial charge in [0.25, 0.3) is 0 Å². The molecule has 1 aliphatic rings. The summed E-state index contributed by atoms with van der Waals surface area (Å²) in [7, 11) is 1.33. The van der Waals surface area contributed by atoms with Gasteiger partial charge in [0.05, 0.1) is 13.7 Å². The Bertz CT molecular complexity index is 630. The Balaban J connectivity index is 2.07. The molecule has 2 N–H and O–H groups in total. The van der Waals surface area contributed by atoms with Crippen LogP contribution in [-0.4, -0.2) is 48.5 Å². The van der Waals surface area contributed by atoms with E-state index in [1.54, 1.807) is 18.7 Å². The van der Waals surface area contributed by atoms with Crippen molar-refractivity contribution in [3.63, 3.8) is 0 Å². The number of methoxy groups -OCH3 is 1. The number of carbonyl (C=O) groups excluding carboxylic acids is 3. The van der Waals surface area contributed by atoms with E-state index in [1.165, 1.54) is 7.11 Å². The number of esters is 1. The predicted octanol–water partition coefficient (Wildman–Crippen LogP) is 0.821. The van der Waals surface area contributed by atoms with E-state index in [9.17, 15) is 14.4 Å². The highest BCUT2D eigenvalue weighted by atomic mass is 16.5. The normalized spacial score (nSPS) is 17.1. The zero-order chi connectivity index (χ0) is 17.7. The molecule has 7 heteroatoms. The largest absolute Gasteiger partial charge is 0.468 e. The molecule has 130 valence electrons. The van der Waals surface area contributed by atoms with E-state index < -0.39 is 18.0 Å². The van der Waals surface area contributed by atoms with Crippen molar-refractivity contribution in [1.82, 2.24) is 15.5 Å². The number of benzene rings is 1. The summed E-state index contributed by atoms with van der Waals surface area (Å²) in [4.78, 5) is 37.5. The van der Waals surface area contributed by atoms with Crippen LogP contribution in [0.2, 0.25) is 0 Å². The molecule has 1 aliphatic heterocycles. The summed E-state index contributed by atoms with van der Waals surface area (Å²) >= 11 is 0. The van der Waals surface area contributed by atoms with Gasteiger partial charge in [-0.15, -0.1) is 0 Å². The molecule has 1 aromatic rings. The highest BCUT2D eigenvalue weighted by Gasteiger charge is 2.33. The molecule has 1 heterocycles. The molecule has 0 fully saturated rings. The first kappa shape index (κ1) is 17.9. The third kappa shape index (κ3) is 4.55. The van der Waals surface area contributed by atoms with Crippen molar-refractivity contribution in [1.29, 1.82) is 0 Å². The zero-order valence-corrected chi connectivity index (χ0v) is 14.2. The summed E-state index contributed by atoms with van der Waals surface area (Å²) in [5, 5.41) is 4.87. The first-order valence-electron chi connectivity index (χ1n) is 7.89. The minimum Gasteiger partial charge on any atom is -0.468 e. The van der Waals surface area contributed by atoms with Gasteiger partial charge in [-0.2, -0.15) is 0 Å². The molecule has 0 spiro atoms. The van der Waals surface area contributed by atoms with Crippen molar-refractivity contribution in [3.8, 4) is 0 Å². The number of fused-ring (bicyclic) bond motifs is 1. The fourth-order valence-electron chi connectivity index (χ4n) is 2.76. The van der Waals surface area contributed by atoms with E-state index in [1.807, 2.05) is 24.3 Å². The monoisotopic (exact) mass is 333 g/mol.